The molecule has 1 atom stereocenters. The van der Waals surface area contributed by atoms with Gasteiger partial charge < -0.3 is 9.73 Å². The largest absolute Gasteiger partial charge is 0.459 e. The van der Waals surface area contributed by atoms with E-state index in [-0.39, 0.29) is 0 Å². The van der Waals surface area contributed by atoms with Gasteiger partial charge in [0.1, 0.15) is 11.3 Å². The molecule has 0 saturated heterocycles. The fourth-order valence-electron chi connectivity index (χ4n) is 3.13. The molecule has 1 heterocycles. The Balaban J connectivity index is 1.86. The summed E-state index contributed by atoms with van der Waals surface area (Å²) in [5.41, 5.74) is 2.29. The second kappa shape index (κ2) is 4.77. The van der Waals surface area contributed by atoms with Gasteiger partial charge in [-0.2, -0.15) is 0 Å². The molecule has 2 heteroatoms. The first kappa shape index (κ1) is 11.8. The van der Waals surface area contributed by atoms with Crippen LogP contribution in [0.4, 0.5) is 0 Å². The summed E-state index contributed by atoms with van der Waals surface area (Å²) in [5.74, 6) is 1.10. The molecule has 0 bridgehead atoms. The molecule has 0 radical (unpaired) electrons. The van der Waals surface area contributed by atoms with E-state index in [1.807, 2.05) is 12.1 Å². The third-order valence-electron chi connectivity index (χ3n) is 4.11. The van der Waals surface area contributed by atoms with E-state index in [0.29, 0.717) is 12.1 Å². The summed E-state index contributed by atoms with van der Waals surface area (Å²) >= 11 is 0. The average Bonchev–Trinajstić information content (AvgIpc) is 2.98. The Morgan fingerprint density at radius 3 is 2.67 bits per heavy atom. The van der Waals surface area contributed by atoms with Gasteiger partial charge in [0.05, 0.1) is 6.04 Å². The van der Waals surface area contributed by atoms with E-state index in [2.05, 4.69) is 31.3 Å². The lowest BCUT2D eigenvalue weighted by Crippen LogP contribution is -2.28. The van der Waals surface area contributed by atoms with Crippen LogP contribution in [0, 0.1) is 6.92 Å². The van der Waals surface area contributed by atoms with E-state index < -0.39 is 0 Å². The van der Waals surface area contributed by atoms with Gasteiger partial charge >= 0.3 is 0 Å². The Kier molecular flexibility index (Phi) is 3.13. The molecule has 1 aromatic carbocycles. The minimum atomic E-state index is 0.306. The summed E-state index contributed by atoms with van der Waals surface area (Å²) < 4.78 is 6.01. The van der Waals surface area contributed by atoms with Gasteiger partial charge in [-0.1, -0.05) is 31.0 Å². The third-order valence-corrected chi connectivity index (χ3v) is 4.11. The van der Waals surface area contributed by atoms with Gasteiger partial charge in [-0.25, -0.2) is 0 Å². The summed E-state index contributed by atoms with van der Waals surface area (Å²) in [4.78, 5) is 0. The first-order chi connectivity index (χ1) is 8.75. The summed E-state index contributed by atoms with van der Waals surface area (Å²) in [6.45, 7) is 4.37. The highest BCUT2D eigenvalue weighted by Gasteiger charge is 2.21. The van der Waals surface area contributed by atoms with Crippen LogP contribution in [-0.4, -0.2) is 6.04 Å². The Hall–Kier alpha value is -1.28. The molecular weight excluding hydrogens is 222 g/mol. The molecule has 1 unspecified atom stereocenters. The van der Waals surface area contributed by atoms with Crippen LogP contribution in [0.15, 0.2) is 28.7 Å². The van der Waals surface area contributed by atoms with Gasteiger partial charge in [0.25, 0.3) is 0 Å². The number of fused-ring (bicyclic) bond motifs is 1. The number of rotatable bonds is 3. The van der Waals surface area contributed by atoms with Gasteiger partial charge in [-0.3, -0.25) is 0 Å². The van der Waals surface area contributed by atoms with Crippen LogP contribution < -0.4 is 5.32 Å². The van der Waals surface area contributed by atoms with Crippen molar-refractivity contribution >= 4 is 11.0 Å². The maximum Gasteiger partial charge on any atom is 0.134 e. The lowest BCUT2D eigenvalue weighted by molar-refractivity contribution is 0.399. The average molecular weight is 243 g/mol. The molecule has 2 nitrogen and oxygen atoms in total. The van der Waals surface area contributed by atoms with E-state index in [9.17, 15) is 0 Å². The molecule has 1 saturated carbocycles. The summed E-state index contributed by atoms with van der Waals surface area (Å²) in [6.07, 6.45) is 5.35. The molecule has 1 aromatic heterocycles. The quantitative estimate of drug-likeness (QED) is 0.867. The van der Waals surface area contributed by atoms with Gasteiger partial charge in [-0.15, -0.1) is 0 Å². The molecule has 1 aliphatic rings. The summed E-state index contributed by atoms with van der Waals surface area (Å²) in [7, 11) is 0. The van der Waals surface area contributed by atoms with Crippen molar-refractivity contribution in [2.24, 2.45) is 0 Å². The lowest BCUT2D eigenvalue weighted by atomic mass is 10.1. The minimum Gasteiger partial charge on any atom is -0.459 e. The Labute approximate surface area is 108 Å². The van der Waals surface area contributed by atoms with Crippen molar-refractivity contribution in [3.05, 3.63) is 35.6 Å². The van der Waals surface area contributed by atoms with Crippen molar-refractivity contribution < 1.29 is 4.42 Å². The highest BCUT2D eigenvalue weighted by Crippen LogP contribution is 2.30. The van der Waals surface area contributed by atoms with Crippen molar-refractivity contribution in [3.8, 4) is 0 Å². The second-order valence-electron chi connectivity index (χ2n) is 5.46. The number of hydrogen-bond acceptors (Lipinski definition) is 2. The number of para-hydroxylation sites is 1. The second-order valence-corrected chi connectivity index (χ2v) is 5.46. The number of hydrogen-bond donors (Lipinski definition) is 1. The predicted octanol–water partition coefficient (Wildman–Crippen LogP) is 4.33. The van der Waals surface area contributed by atoms with Crippen LogP contribution in [0.5, 0.6) is 0 Å². The van der Waals surface area contributed by atoms with Gasteiger partial charge in [0.15, 0.2) is 0 Å². The zero-order valence-electron chi connectivity index (χ0n) is 11.2. The number of benzene rings is 1. The molecule has 2 aromatic rings. The van der Waals surface area contributed by atoms with Crippen molar-refractivity contribution in [2.45, 2.75) is 51.6 Å². The van der Waals surface area contributed by atoms with Crippen molar-refractivity contribution in [2.75, 3.05) is 0 Å². The summed E-state index contributed by atoms with van der Waals surface area (Å²) in [5, 5.41) is 4.95. The molecular formula is C16H21NO. The standard InChI is InChI=1S/C16H21NO/c1-11-14-9-5-6-10-15(14)18-16(11)12(2)17-13-7-3-4-8-13/h5-6,9-10,12-13,17H,3-4,7-8H2,1-2H3. The van der Waals surface area contributed by atoms with Crippen molar-refractivity contribution in [3.63, 3.8) is 0 Å². The van der Waals surface area contributed by atoms with E-state index in [0.717, 1.165) is 11.3 Å². The normalized spacial score (nSPS) is 18.6. The molecule has 3 rings (SSSR count). The first-order valence-corrected chi connectivity index (χ1v) is 7.00. The highest BCUT2D eigenvalue weighted by atomic mass is 16.3. The maximum atomic E-state index is 6.01. The van der Waals surface area contributed by atoms with Crippen LogP contribution in [0.3, 0.4) is 0 Å². The zero-order valence-corrected chi connectivity index (χ0v) is 11.2. The van der Waals surface area contributed by atoms with Crippen LogP contribution in [0.2, 0.25) is 0 Å². The highest BCUT2D eigenvalue weighted by molar-refractivity contribution is 5.82. The molecule has 1 fully saturated rings. The first-order valence-electron chi connectivity index (χ1n) is 7.00. The van der Waals surface area contributed by atoms with E-state index in [1.54, 1.807) is 0 Å². The fourth-order valence-corrected chi connectivity index (χ4v) is 3.13. The molecule has 18 heavy (non-hydrogen) atoms. The Morgan fingerprint density at radius 2 is 1.94 bits per heavy atom. The smallest absolute Gasteiger partial charge is 0.134 e. The third kappa shape index (κ3) is 2.05. The van der Waals surface area contributed by atoms with E-state index >= 15 is 0 Å². The number of furan rings is 1. The number of aryl methyl sites for hydroxylation is 1. The maximum absolute atomic E-state index is 6.01. The SMILES string of the molecule is Cc1c(C(C)NC2CCCC2)oc2ccccc12. The van der Waals surface area contributed by atoms with E-state index in [4.69, 9.17) is 4.42 Å². The molecule has 0 aliphatic heterocycles. The molecule has 1 aliphatic carbocycles. The van der Waals surface area contributed by atoms with Crippen LogP contribution in [0.25, 0.3) is 11.0 Å². The van der Waals surface area contributed by atoms with E-state index in [1.165, 1.54) is 36.6 Å². The number of nitrogens with one attached hydrogen (secondary N) is 1. The monoisotopic (exact) mass is 243 g/mol. The van der Waals surface area contributed by atoms with Gasteiger partial charge in [0.2, 0.25) is 0 Å². The van der Waals surface area contributed by atoms with Gasteiger partial charge in [-0.05, 0) is 38.3 Å². The topological polar surface area (TPSA) is 25.2 Å². The minimum absolute atomic E-state index is 0.306. The fraction of sp³-hybridized carbons (Fsp3) is 0.500. The van der Waals surface area contributed by atoms with Crippen molar-refractivity contribution in [1.82, 2.24) is 5.32 Å². The molecule has 0 spiro atoms. The molecule has 96 valence electrons. The Morgan fingerprint density at radius 1 is 1.22 bits per heavy atom. The predicted molar refractivity (Wildman–Crippen MR) is 74.8 cm³/mol. The summed E-state index contributed by atoms with van der Waals surface area (Å²) in [6, 6.07) is 9.27. The molecule has 0 amide bonds. The van der Waals surface area contributed by atoms with Crippen LogP contribution in [0.1, 0.15) is 50.0 Å². The lowest BCUT2D eigenvalue weighted by Gasteiger charge is -2.18. The Bertz CT molecular complexity index is 537. The van der Waals surface area contributed by atoms with Gasteiger partial charge in [0, 0.05) is 11.4 Å². The van der Waals surface area contributed by atoms with Crippen molar-refractivity contribution in [1.29, 1.82) is 0 Å². The van der Waals surface area contributed by atoms with Crippen LogP contribution in [-0.2, 0) is 0 Å². The zero-order chi connectivity index (χ0) is 12.5. The molecule has 1 N–H and O–H groups in total. The van der Waals surface area contributed by atoms with Crippen LogP contribution >= 0.6 is 0 Å².